The van der Waals surface area contributed by atoms with Gasteiger partial charge in [-0.15, -0.1) is 0 Å². The molecular weight excluding hydrogens is 212 g/mol. The summed E-state index contributed by atoms with van der Waals surface area (Å²) < 4.78 is 14.7. The first-order chi connectivity index (χ1) is 7.64. The van der Waals surface area contributed by atoms with Gasteiger partial charge in [0.1, 0.15) is 11.8 Å². The molecule has 1 aromatic rings. The maximum Gasteiger partial charge on any atom is 0.323 e. The zero-order chi connectivity index (χ0) is 11.8. The quantitative estimate of drug-likeness (QED) is 0.739. The molecule has 1 aromatic heterocycles. The van der Waals surface area contributed by atoms with Crippen LogP contribution in [0.2, 0.25) is 0 Å². The molecule has 0 aromatic carbocycles. The molecule has 1 atom stereocenters. The second kappa shape index (κ2) is 3.79. The summed E-state index contributed by atoms with van der Waals surface area (Å²) in [6.07, 6.45) is 1.59. The zero-order valence-electron chi connectivity index (χ0n) is 9.23. The molecule has 1 heterocycles. The van der Waals surface area contributed by atoms with E-state index in [1.54, 1.807) is 6.07 Å². The predicted molar refractivity (Wildman–Crippen MR) is 54.0 cm³/mol. The third kappa shape index (κ3) is 1.55. The highest BCUT2D eigenvalue weighted by Crippen LogP contribution is 2.51. The third-order valence-corrected chi connectivity index (χ3v) is 3.03. The van der Waals surface area contributed by atoms with Crippen molar-refractivity contribution >= 4 is 5.97 Å². The van der Waals surface area contributed by atoms with Crippen molar-refractivity contribution in [1.82, 2.24) is 5.16 Å². The van der Waals surface area contributed by atoms with Crippen LogP contribution in [-0.2, 0) is 14.9 Å². The lowest BCUT2D eigenvalue weighted by Crippen LogP contribution is -2.42. The first-order valence-corrected chi connectivity index (χ1v) is 4.98. The van der Waals surface area contributed by atoms with Crippen LogP contribution in [0.4, 0.5) is 0 Å². The zero-order valence-corrected chi connectivity index (χ0v) is 9.23. The minimum absolute atomic E-state index is 0.387. The molecule has 0 aliphatic heterocycles. The van der Waals surface area contributed by atoms with E-state index in [9.17, 15) is 4.79 Å². The Morgan fingerprint density at radius 1 is 1.62 bits per heavy atom. The van der Waals surface area contributed by atoms with Crippen LogP contribution in [0.1, 0.15) is 18.6 Å². The van der Waals surface area contributed by atoms with Crippen molar-refractivity contribution in [3.8, 4) is 5.88 Å². The normalized spacial score (nSPS) is 18.9. The van der Waals surface area contributed by atoms with Gasteiger partial charge in [-0.3, -0.25) is 4.79 Å². The van der Waals surface area contributed by atoms with Gasteiger partial charge in [0.05, 0.1) is 19.6 Å². The molecule has 0 saturated heterocycles. The number of aromatic nitrogens is 1. The Hall–Kier alpha value is -1.56. The molecule has 1 fully saturated rings. The van der Waals surface area contributed by atoms with E-state index in [-0.39, 0.29) is 0 Å². The van der Waals surface area contributed by atoms with Crippen molar-refractivity contribution in [2.24, 2.45) is 5.73 Å². The SMILES string of the molecule is COC(=O)C(N)C1(c2cc(OC)no2)CC1. The third-order valence-electron chi connectivity index (χ3n) is 3.03. The average molecular weight is 226 g/mol. The largest absolute Gasteiger partial charge is 0.479 e. The van der Waals surface area contributed by atoms with Gasteiger partial charge >= 0.3 is 5.97 Å². The fraction of sp³-hybridized carbons (Fsp3) is 0.600. The van der Waals surface area contributed by atoms with E-state index >= 15 is 0 Å². The second-order valence-electron chi connectivity index (χ2n) is 3.89. The highest BCUT2D eigenvalue weighted by molar-refractivity contribution is 5.78. The molecule has 1 aliphatic carbocycles. The number of carbonyl (C=O) groups is 1. The number of hydrogen-bond donors (Lipinski definition) is 1. The van der Waals surface area contributed by atoms with Gasteiger partial charge in [-0.2, -0.15) is 0 Å². The minimum atomic E-state index is -0.713. The van der Waals surface area contributed by atoms with Crippen LogP contribution >= 0.6 is 0 Å². The van der Waals surface area contributed by atoms with Gasteiger partial charge in [0, 0.05) is 6.07 Å². The van der Waals surface area contributed by atoms with Gasteiger partial charge in [0.2, 0.25) is 0 Å². The molecule has 88 valence electrons. The number of ether oxygens (including phenoxy) is 2. The lowest BCUT2D eigenvalue weighted by atomic mass is 9.94. The molecule has 2 N–H and O–H groups in total. The van der Waals surface area contributed by atoms with Gasteiger partial charge < -0.3 is 19.7 Å². The van der Waals surface area contributed by atoms with E-state index in [0.717, 1.165) is 12.8 Å². The summed E-state index contributed by atoms with van der Waals surface area (Å²) in [5, 5.41) is 3.70. The van der Waals surface area contributed by atoms with Crippen LogP contribution in [0.15, 0.2) is 10.6 Å². The van der Waals surface area contributed by atoms with Crippen molar-refractivity contribution < 1.29 is 18.8 Å². The monoisotopic (exact) mass is 226 g/mol. The van der Waals surface area contributed by atoms with Crippen LogP contribution < -0.4 is 10.5 Å². The molecule has 0 spiro atoms. The molecule has 6 nitrogen and oxygen atoms in total. The Morgan fingerprint density at radius 2 is 2.31 bits per heavy atom. The van der Waals surface area contributed by atoms with E-state index in [1.165, 1.54) is 14.2 Å². The Morgan fingerprint density at radius 3 is 2.75 bits per heavy atom. The number of methoxy groups -OCH3 is 2. The molecule has 6 heteroatoms. The molecular formula is C10H14N2O4. The topological polar surface area (TPSA) is 87.6 Å². The molecule has 1 saturated carbocycles. The van der Waals surface area contributed by atoms with Crippen molar-refractivity contribution in [2.45, 2.75) is 24.3 Å². The van der Waals surface area contributed by atoms with Crippen LogP contribution in [-0.4, -0.2) is 31.4 Å². The second-order valence-corrected chi connectivity index (χ2v) is 3.89. The fourth-order valence-corrected chi connectivity index (χ4v) is 1.79. The Labute approximate surface area is 92.7 Å². The molecule has 0 amide bonds. The standard InChI is InChI=1S/C10H14N2O4/c1-14-7-5-6(16-12-7)10(3-4-10)8(11)9(13)15-2/h5,8H,3-4,11H2,1-2H3. The van der Waals surface area contributed by atoms with Gasteiger partial charge in [-0.25, -0.2) is 0 Å². The highest BCUT2D eigenvalue weighted by atomic mass is 16.5. The summed E-state index contributed by atoms with van der Waals surface area (Å²) in [5.74, 6) is 0.536. The first-order valence-electron chi connectivity index (χ1n) is 4.98. The fourth-order valence-electron chi connectivity index (χ4n) is 1.79. The van der Waals surface area contributed by atoms with Crippen molar-refractivity contribution in [3.63, 3.8) is 0 Å². The lowest BCUT2D eigenvalue weighted by Gasteiger charge is -2.17. The van der Waals surface area contributed by atoms with E-state index in [1.807, 2.05) is 0 Å². The van der Waals surface area contributed by atoms with Crippen LogP contribution in [0, 0.1) is 0 Å². The summed E-state index contributed by atoms with van der Waals surface area (Å²) in [7, 11) is 2.82. The molecule has 1 unspecified atom stereocenters. The summed E-state index contributed by atoms with van der Waals surface area (Å²) in [5.41, 5.74) is 5.39. The molecule has 2 rings (SSSR count). The lowest BCUT2D eigenvalue weighted by molar-refractivity contribution is -0.143. The highest BCUT2D eigenvalue weighted by Gasteiger charge is 2.55. The van der Waals surface area contributed by atoms with E-state index in [2.05, 4.69) is 9.89 Å². The smallest absolute Gasteiger partial charge is 0.323 e. The van der Waals surface area contributed by atoms with Gasteiger partial charge in [0.25, 0.3) is 5.88 Å². The number of hydrogen-bond acceptors (Lipinski definition) is 6. The van der Waals surface area contributed by atoms with Crippen LogP contribution in [0.3, 0.4) is 0 Å². The Balaban J connectivity index is 2.22. The number of nitrogens with two attached hydrogens (primary N) is 1. The number of nitrogens with zero attached hydrogens (tertiary/aromatic N) is 1. The molecule has 0 bridgehead atoms. The van der Waals surface area contributed by atoms with E-state index < -0.39 is 17.4 Å². The van der Waals surface area contributed by atoms with E-state index in [4.69, 9.17) is 15.0 Å². The van der Waals surface area contributed by atoms with Gasteiger partial charge in [-0.1, -0.05) is 0 Å². The van der Waals surface area contributed by atoms with Crippen molar-refractivity contribution in [2.75, 3.05) is 14.2 Å². The van der Waals surface area contributed by atoms with Gasteiger partial charge in [0.15, 0.2) is 0 Å². The summed E-state index contributed by atoms with van der Waals surface area (Å²) in [4.78, 5) is 11.4. The maximum atomic E-state index is 11.4. The predicted octanol–water partition coefficient (Wildman–Crippen LogP) is 0.215. The molecule has 1 aliphatic rings. The molecule has 0 radical (unpaired) electrons. The van der Waals surface area contributed by atoms with Gasteiger partial charge in [-0.05, 0) is 18.0 Å². The summed E-state index contributed by atoms with van der Waals surface area (Å²) in [6.45, 7) is 0. The van der Waals surface area contributed by atoms with Crippen molar-refractivity contribution in [3.05, 3.63) is 11.8 Å². The summed E-state index contributed by atoms with van der Waals surface area (Å²) in [6, 6.07) is 0.950. The Kier molecular flexibility index (Phi) is 2.59. The minimum Gasteiger partial charge on any atom is -0.479 e. The average Bonchev–Trinajstić information content (AvgIpc) is 2.98. The number of carbonyl (C=O) groups excluding carboxylic acids is 1. The summed E-state index contributed by atoms with van der Waals surface area (Å²) >= 11 is 0. The number of esters is 1. The number of rotatable bonds is 4. The van der Waals surface area contributed by atoms with E-state index in [0.29, 0.717) is 11.6 Å². The first kappa shape index (κ1) is 10.9. The molecule has 16 heavy (non-hydrogen) atoms. The van der Waals surface area contributed by atoms with Crippen LogP contribution in [0.5, 0.6) is 5.88 Å². The maximum absolute atomic E-state index is 11.4. The van der Waals surface area contributed by atoms with Crippen molar-refractivity contribution in [1.29, 1.82) is 0 Å². The van der Waals surface area contributed by atoms with Crippen LogP contribution in [0.25, 0.3) is 0 Å². The Bertz CT molecular complexity index is 397.